The topological polar surface area (TPSA) is 22.8 Å². The van der Waals surface area contributed by atoms with Crippen LogP contribution in [-0.4, -0.2) is 14.1 Å². The van der Waals surface area contributed by atoms with E-state index < -0.39 is 0 Å². The fraction of sp³-hybridized carbons (Fsp3) is 0. The van der Waals surface area contributed by atoms with Crippen LogP contribution in [0.3, 0.4) is 0 Å². The normalized spacial score (nSPS) is 11.6. The van der Waals surface area contributed by atoms with E-state index in [2.05, 4.69) is 161 Å². The number of pyridine rings is 1. The van der Waals surface area contributed by atoms with E-state index in [1.54, 1.807) is 0 Å². The third-order valence-electron chi connectivity index (χ3n) is 8.75. The van der Waals surface area contributed by atoms with Crippen LogP contribution >= 0.6 is 0 Å². The molecule has 44 heavy (non-hydrogen) atoms. The lowest BCUT2D eigenvalue weighted by Crippen LogP contribution is -1.96. The van der Waals surface area contributed by atoms with Crippen molar-refractivity contribution in [3.8, 4) is 33.6 Å². The second kappa shape index (κ2) is 9.82. The molecular formula is C41H27N3. The van der Waals surface area contributed by atoms with Gasteiger partial charge in [0.05, 0.1) is 27.6 Å². The summed E-state index contributed by atoms with van der Waals surface area (Å²) in [5, 5.41) is 3.65. The summed E-state index contributed by atoms with van der Waals surface area (Å²) in [5.41, 5.74) is 12.7. The predicted molar refractivity (Wildman–Crippen MR) is 184 cm³/mol. The number of benzene rings is 6. The Bertz CT molecular complexity index is 2480. The van der Waals surface area contributed by atoms with Gasteiger partial charge in [-0.3, -0.25) is 4.98 Å². The molecule has 0 radical (unpaired) electrons. The second-order valence-corrected chi connectivity index (χ2v) is 11.2. The Labute approximate surface area is 254 Å². The van der Waals surface area contributed by atoms with Gasteiger partial charge in [0.2, 0.25) is 0 Å². The molecule has 0 unspecified atom stereocenters. The van der Waals surface area contributed by atoms with Crippen molar-refractivity contribution < 1.29 is 0 Å². The van der Waals surface area contributed by atoms with Crippen molar-refractivity contribution in [2.24, 2.45) is 0 Å². The summed E-state index contributed by atoms with van der Waals surface area (Å²) in [5.74, 6) is 0. The van der Waals surface area contributed by atoms with Gasteiger partial charge in [0.1, 0.15) is 0 Å². The SMILES string of the molecule is c1ccc(-c2cccc(-n3c4cc(-c5cccc6c7ccccc7n(-c7ccccc7)c56)ccc4c4ncccc43)c2)cc1. The van der Waals surface area contributed by atoms with Gasteiger partial charge in [0, 0.05) is 39.3 Å². The van der Waals surface area contributed by atoms with Crippen LogP contribution in [-0.2, 0) is 0 Å². The van der Waals surface area contributed by atoms with Gasteiger partial charge in [-0.15, -0.1) is 0 Å². The number of rotatable bonds is 4. The number of hydrogen-bond acceptors (Lipinski definition) is 1. The minimum Gasteiger partial charge on any atom is -0.309 e. The first kappa shape index (κ1) is 24.6. The number of fused-ring (bicyclic) bond motifs is 6. The molecule has 3 heteroatoms. The highest BCUT2D eigenvalue weighted by Crippen LogP contribution is 2.40. The zero-order valence-electron chi connectivity index (χ0n) is 23.9. The monoisotopic (exact) mass is 561 g/mol. The molecule has 3 aromatic heterocycles. The molecule has 9 rings (SSSR count). The summed E-state index contributed by atoms with van der Waals surface area (Å²) in [4.78, 5) is 4.85. The van der Waals surface area contributed by atoms with Gasteiger partial charge in [-0.05, 0) is 71.3 Å². The third kappa shape index (κ3) is 3.73. The fourth-order valence-corrected chi connectivity index (χ4v) is 6.83. The minimum atomic E-state index is 1.01. The van der Waals surface area contributed by atoms with Gasteiger partial charge in [-0.1, -0.05) is 103 Å². The Morgan fingerprint density at radius 2 is 1.09 bits per heavy atom. The Morgan fingerprint density at radius 1 is 0.386 bits per heavy atom. The van der Waals surface area contributed by atoms with Gasteiger partial charge in [-0.2, -0.15) is 0 Å². The summed E-state index contributed by atoms with van der Waals surface area (Å²) >= 11 is 0. The number of hydrogen-bond donors (Lipinski definition) is 0. The number of nitrogens with zero attached hydrogens (tertiary/aromatic N) is 3. The second-order valence-electron chi connectivity index (χ2n) is 11.2. The Kier molecular flexibility index (Phi) is 5.50. The van der Waals surface area contributed by atoms with Crippen LogP contribution in [0.15, 0.2) is 164 Å². The van der Waals surface area contributed by atoms with Crippen molar-refractivity contribution in [1.29, 1.82) is 0 Å². The highest BCUT2D eigenvalue weighted by molar-refractivity contribution is 6.15. The highest BCUT2D eigenvalue weighted by Gasteiger charge is 2.19. The molecule has 0 N–H and O–H groups in total. The molecule has 0 aliphatic rings. The van der Waals surface area contributed by atoms with Gasteiger partial charge in [0.25, 0.3) is 0 Å². The first-order chi connectivity index (χ1) is 21.8. The van der Waals surface area contributed by atoms with Gasteiger partial charge in [-0.25, -0.2) is 0 Å². The summed E-state index contributed by atoms with van der Waals surface area (Å²) in [7, 11) is 0. The van der Waals surface area contributed by atoms with Gasteiger partial charge in [0.15, 0.2) is 0 Å². The summed E-state index contributed by atoms with van der Waals surface area (Å²) in [6.45, 7) is 0. The lowest BCUT2D eigenvalue weighted by molar-refractivity contribution is 1.17. The highest BCUT2D eigenvalue weighted by atomic mass is 15.0. The fourth-order valence-electron chi connectivity index (χ4n) is 6.83. The Hall–Kier alpha value is -5.93. The summed E-state index contributed by atoms with van der Waals surface area (Å²) in [6.07, 6.45) is 1.89. The van der Waals surface area contributed by atoms with E-state index in [1.165, 1.54) is 44.1 Å². The standard InChI is InChI=1S/C41H27N3/c1-3-12-28(13-4-1)29-14-9-17-32(26-29)43-38-22-11-25-42-40(38)36-24-23-30(27-39(36)43)33-19-10-20-35-34-18-7-8-21-37(34)44(41(33)35)31-15-5-2-6-16-31/h1-27H. The van der Waals surface area contributed by atoms with Crippen LogP contribution < -0.4 is 0 Å². The van der Waals surface area contributed by atoms with Crippen molar-refractivity contribution in [1.82, 2.24) is 14.1 Å². The smallest absolute Gasteiger partial charge is 0.0963 e. The lowest BCUT2D eigenvalue weighted by atomic mass is 10.0. The van der Waals surface area contributed by atoms with Crippen molar-refractivity contribution in [2.45, 2.75) is 0 Å². The van der Waals surface area contributed by atoms with Crippen molar-refractivity contribution in [2.75, 3.05) is 0 Å². The van der Waals surface area contributed by atoms with E-state index >= 15 is 0 Å². The first-order valence-corrected chi connectivity index (χ1v) is 15.0. The zero-order valence-corrected chi connectivity index (χ0v) is 23.9. The van der Waals surface area contributed by atoms with Crippen molar-refractivity contribution in [3.63, 3.8) is 0 Å². The van der Waals surface area contributed by atoms with Crippen LogP contribution in [0.1, 0.15) is 0 Å². The molecule has 0 spiro atoms. The maximum atomic E-state index is 4.85. The molecule has 0 bridgehead atoms. The molecule has 0 amide bonds. The van der Waals surface area contributed by atoms with E-state index in [0.717, 1.165) is 33.3 Å². The zero-order chi connectivity index (χ0) is 29.0. The van der Waals surface area contributed by atoms with Crippen molar-refractivity contribution >= 4 is 43.7 Å². The van der Waals surface area contributed by atoms with E-state index in [9.17, 15) is 0 Å². The average Bonchev–Trinajstić information content (AvgIpc) is 3.62. The molecule has 0 saturated carbocycles. The molecule has 3 nitrogen and oxygen atoms in total. The van der Waals surface area contributed by atoms with Gasteiger partial charge < -0.3 is 9.13 Å². The van der Waals surface area contributed by atoms with E-state index in [0.29, 0.717) is 0 Å². The van der Waals surface area contributed by atoms with Crippen LogP contribution in [0, 0.1) is 0 Å². The molecular weight excluding hydrogens is 534 g/mol. The molecule has 206 valence electrons. The maximum Gasteiger partial charge on any atom is 0.0963 e. The quantitative estimate of drug-likeness (QED) is 0.210. The Morgan fingerprint density at radius 3 is 1.98 bits per heavy atom. The van der Waals surface area contributed by atoms with E-state index in [-0.39, 0.29) is 0 Å². The third-order valence-corrected chi connectivity index (χ3v) is 8.75. The molecule has 0 aliphatic heterocycles. The molecule has 9 aromatic rings. The molecule has 0 saturated heterocycles. The minimum absolute atomic E-state index is 1.01. The Balaban J connectivity index is 1.33. The summed E-state index contributed by atoms with van der Waals surface area (Å²) in [6, 6.07) is 56.5. The van der Waals surface area contributed by atoms with Crippen LogP contribution in [0.5, 0.6) is 0 Å². The van der Waals surface area contributed by atoms with Crippen LogP contribution in [0.4, 0.5) is 0 Å². The molecule has 3 heterocycles. The van der Waals surface area contributed by atoms with Crippen LogP contribution in [0.25, 0.3) is 77.4 Å². The number of aromatic nitrogens is 3. The van der Waals surface area contributed by atoms with Crippen molar-refractivity contribution in [3.05, 3.63) is 164 Å². The molecule has 0 fully saturated rings. The van der Waals surface area contributed by atoms with E-state index in [1.807, 2.05) is 12.3 Å². The average molecular weight is 562 g/mol. The molecule has 0 atom stereocenters. The lowest BCUT2D eigenvalue weighted by Gasteiger charge is -2.13. The maximum absolute atomic E-state index is 4.85. The summed E-state index contributed by atoms with van der Waals surface area (Å²) < 4.78 is 4.77. The first-order valence-electron chi connectivity index (χ1n) is 15.0. The molecule has 0 aliphatic carbocycles. The molecule has 6 aromatic carbocycles. The van der Waals surface area contributed by atoms with E-state index in [4.69, 9.17) is 4.98 Å². The van der Waals surface area contributed by atoms with Crippen LogP contribution in [0.2, 0.25) is 0 Å². The largest absolute Gasteiger partial charge is 0.309 e. The predicted octanol–water partition coefficient (Wildman–Crippen LogP) is 10.6. The van der Waals surface area contributed by atoms with Gasteiger partial charge >= 0.3 is 0 Å². The number of para-hydroxylation sites is 3.